The van der Waals surface area contributed by atoms with Crippen molar-refractivity contribution in [3.63, 3.8) is 0 Å². The van der Waals surface area contributed by atoms with Gasteiger partial charge in [-0.3, -0.25) is 20.6 Å². The fourth-order valence-electron chi connectivity index (χ4n) is 2.60. The third-order valence-corrected chi connectivity index (χ3v) is 3.78. The summed E-state index contributed by atoms with van der Waals surface area (Å²) in [5.74, 6) is 0.311. The van der Waals surface area contributed by atoms with E-state index in [2.05, 4.69) is 25.8 Å². The second-order valence-corrected chi connectivity index (χ2v) is 5.56. The third-order valence-electron chi connectivity index (χ3n) is 3.78. The molecule has 0 fully saturated rings. The van der Waals surface area contributed by atoms with Crippen molar-refractivity contribution >= 4 is 22.8 Å². The Morgan fingerprint density at radius 3 is 2.44 bits per heavy atom. The second kappa shape index (κ2) is 6.48. The Morgan fingerprint density at radius 2 is 1.68 bits per heavy atom. The number of H-pyrrole nitrogens is 1. The number of aromatic amines is 1. The number of fused-ring (bicyclic) bond motifs is 1. The summed E-state index contributed by atoms with van der Waals surface area (Å²) < 4.78 is 1.80. The number of hydrogen-bond donors (Lipinski definition) is 3. The highest BCUT2D eigenvalue weighted by molar-refractivity contribution is 5.71. The van der Waals surface area contributed by atoms with Gasteiger partial charge < -0.3 is 4.57 Å². The van der Waals surface area contributed by atoms with E-state index in [9.17, 15) is 4.79 Å². The number of nitrogens with zero attached hydrogens (tertiary/aromatic N) is 3. The molecule has 0 saturated carbocycles. The number of nitrogens with one attached hydrogen (secondary N) is 3. The van der Waals surface area contributed by atoms with Crippen LogP contribution >= 0.6 is 0 Å². The molecule has 0 aliphatic rings. The molecule has 25 heavy (non-hydrogen) atoms. The number of benzene rings is 2. The summed E-state index contributed by atoms with van der Waals surface area (Å²) in [6.07, 6.45) is 1.63. The first-order chi connectivity index (χ1) is 12.3. The van der Waals surface area contributed by atoms with E-state index in [1.54, 1.807) is 10.9 Å². The zero-order chi connectivity index (χ0) is 17.1. The largest absolute Gasteiger partial charge is 0.320 e. The first kappa shape index (κ1) is 14.9. The minimum absolute atomic E-state index is 0.240. The highest BCUT2D eigenvalue weighted by Crippen LogP contribution is 2.11. The summed E-state index contributed by atoms with van der Waals surface area (Å²) in [6.45, 7) is 0.567. The summed E-state index contributed by atoms with van der Waals surface area (Å²) in [5, 5.41) is 0. The molecule has 0 bridgehead atoms. The number of hydrazine groups is 1. The highest BCUT2D eigenvalue weighted by Gasteiger charge is 2.10. The molecule has 0 amide bonds. The fraction of sp³-hybridized carbons (Fsp3) is 0.0556. The van der Waals surface area contributed by atoms with Crippen LogP contribution in [-0.2, 0) is 6.54 Å². The summed E-state index contributed by atoms with van der Waals surface area (Å²) in [7, 11) is 0. The molecule has 0 atom stereocenters. The van der Waals surface area contributed by atoms with Crippen LogP contribution in [0.3, 0.4) is 0 Å². The molecule has 0 spiro atoms. The van der Waals surface area contributed by atoms with Gasteiger partial charge in [0.1, 0.15) is 0 Å². The van der Waals surface area contributed by atoms with E-state index in [-0.39, 0.29) is 5.56 Å². The minimum Gasteiger partial charge on any atom is -0.320 e. The summed E-state index contributed by atoms with van der Waals surface area (Å²) >= 11 is 0. The zero-order valence-corrected chi connectivity index (χ0v) is 13.3. The first-order valence-electron chi connectivity index (χ1n) is 7.86. The molecule has 4 aromatic rings. The number of para-hydroxylation sites is 1. The van der Waals surface area contributed by atoms with Crippen LogP contribution in [0.5, 0.6) is 0 Å². The van der Waals surface area contributed by atoms with Crippen LogP contribution in [0.4, 0.5) is 11.6 Å². The average Bonchev–Trinajstić information content (AvgIpc) is 3.05. The van der Waals surface area contributed by atoms with E-state index in [4.69, 9.17) is 0 Å². The van der Waals surface area contributed by atoms with Crippen LogP contribution in [0.15, 0.2) is 71.8 Å². The van der Waals surface area contributed by atoms with Gasteiger partial charge in [0.05, 0.1) is 12.0 Å². The van der Waals surface area contributed by atoms with Crippen LogP contribution in [0.25, 0.3) is 11.2 Å². The molecule has 4 rings (SSSR count). The smallest absolute Gasteiger partial charge is 0.278 e. The van der Waals surface area contributed by atoms with Crippen LogP contribution in [0.2, 0.25) is 0 Å². The van der Waals surface area contributed by atoms with Gasteiger partial charge in [-0.25, -0.2) is 4.98 Å². The molecule has 0 radical (unpaired) electrons. The Labute approximate surface area is 143 Å². The Morgan fingerprint density at radius 1 is 0.960 bits per heavy atom. The predicted molar refractivity (Wildman–Crippen MR) is 97.4 cm³/mol. The van der Waals surface area contributed by atoms with Crippen LogP contribution < -0.4 is 16.4 Å². The van der Waals surface area contributed by atoms with Crippen molar-refractivity contribution in [3.8, 4) is 0 Å². The Kier molecular flexibility index (Phi) is 3.88. The minimum atomic E-state index is -0.240. The quantitative estimate of drug-likeness (QED) is 0.489. The van der Waals surface area contributed by atoms with Crippen molar-refractivity contribution < 1.29 is 0 Å². The topological polar surface area (TPSA) is 87.6 Å². The van der Waals surface area contributed by atoms with Crippen molar-refractivity contribution in [2.24, 2.45) is 0 Å². The molecule has 0 saturated heterocycles. The maximum Gasteiger partial charge on any atom is 0.278 e. The summed E-state index contributed by atoms with van der Waals surface area (Å²) in [4.78, 5) is 23.8. The number of aromatic nitrogens is 4. The lowest BCUT2D eigenvalue weighted by Gasteiger charge is -2.08. The Balaban J connectivity index is 1.60. The molecule has 2 heterocycles. The zero-order valence-electron chi connectivity index (χ0n) is 13.3. The number of hydrogen-bond acceptors (Lipinski definition) is 5. The van der Waals surface area contributed by atoms with E-state index >= 15 is 0 Å². The lowest BCUT2D eigenvalue weighted by Crippen LogP contribution is -2.18. The average molecular weight is 332 g/mol. The van der Waals surface area contributed by atoms with Crippen molar-refractivity contribution in [2.45, 2.75) is 6.54 Å². The van der Waals surface area contributed by atoms with E-state index < -0.39 is 0 Å². The maximum absolute atomic E-state index is 12.5. The SMILES string of the molecule is O=c1[nH]c(NNc2ccccc2)nc2ncn(Cc3ccccc3)c12. The molecule has 0 unspecified atom stereocenters. The molecule has 0 aliphatic carbocycles. The van der Waals surface area contributed by atoms with Gasteiger partial charge in [0, 0.05) is 6.54 Å². The lowest BCUT2D eigenvalue weighted by molar-refractivity contribution is 0.819. The monoisotopic (exact) mass is 332 g/mol. The van der Waals surface area contributed by atoms with Gasteiger partial charge in [0.25, 0.3) is 5.56 Å². The standard InChI is InChI=1S/C18H16N6O/c25-17-15-16(19-12-24(15)11-13-7-3-1-4-8-13)20-18(21-17)23-22-14-9-5-2-6-10-14/h1-10,12,22H,11H2,(H2,20,21,23,25). The van der Waals surface area contributed by atoms with Gasteiger partial charge in [-0.05, 0) is 17.7 Å². The van der Waals surface area contributed by atoms with Gasteiger partial charge in [0.2, 0.25) is 5.95 Å². The maximum atomic E-state index is 12.5. The van der Waals surface area contributed by atoms with Gasteiger partial charge in [-0.15, -0.1) is 0 Å². The molecule has 7 nitrogen and oxygen atoms in total. The number of anilines is 2. The van der Waals surface area contributed by atoms with Crippen LogP contribution in [0, 0.1) is 0 Å². The van der Waals surface area contributed by atoms with Crippen molar-refractivity contribution in [2.75, 3.05) is 10.9 Å². The van der Waals surface area contributed by atoms with E-state index in [1.165, 1.54) is 0 Å². The first-order valence-corrected chi connectivity index (χ1v) is 7.86. The number of rotatable bonds is 5. The van der Waals surface area contributed by atoms with Crippen LogP contribution in [-0.4, -0.2) is 19.5 Å². The summed E-state index contributed by atoms with van der Waals surface area (Å²) in [6, 6.07) is 19.5. The van der Waals surface area contributed by atoms with E-state index in [0.717, 1.165) is 11.3 Å². The van der Waals surface area contributed by atoms with Gasteiger partial charge in [0.15, 0.2) is 11.2 Å². The molecule has 7 heteroatoms. The van der Waals surface area contributed by atoms with Gasteiger partial charge >= 0.3 is 0 Å². The summed E-state index contributed by atoms with van der Waals surface area (Å²) in [5.41, 5.74) is 8.43. The predicted octanol–water partition coefficient (Wildman–Crippen LogP) is 2.61. The molecule has 124 valence electrons. The second-order valence-electron chi connectivity index (χ2n) is 5.56. The molecule has 2 aromatic heterocycles. The van der Waals surface area contributed by atoms with Crippen LogP contribution in [0.1, 0.15) is 5.56 Å². The molecule has 3 N–H and O–H groups in total. The van der Waals surface area contributed by atoms with Gasteiger partial charge in [-0.2, -0.15) is 4.98 Å². The molecular weight excluding hydrogens is 316 g/mol. The fourth-order valence-corrected chi connectivity index (χ4v) is 2.60. The van der Waals surface area contributed by atoms with Crippen molar-refractivity contribution in [1.29, 1.82) is 0 Å². The van der Waals surface area contributed by atoms with Gasteiger partial charge in [-0.1, -0.05) is 48.5 Å². The van der Waals surface area contributed by atoms with Crippen molar-refractivity contribution in [1.82, 2.24) is 19.5 Å². The number of imidazole rings is 1. The Hall–Kier alpha value is -3.61. The molecule has 2 aromatic carbocycles. The third kappa shape index (κ3) is 3.20. The highest BCUT2D eigenvalue weighted by atomic mass is 16.1. The molecular formula is C18H16N6O. The van der Waals surface area contributed by atoms with Crippen molar-refractivity contribution in [3.05, 3.63) is 82.9 Å². The Bertz CT molecular complexity index is 1040. The van der Waals surface area contributed by atoms with E-state index in [1.807, 2.05) is 60.7 Å². The van der Waals surface area contributed by atoms with E-state index in [0.29, 0.717) is 23.7 Å². The molecule has 0 aliphatic heterocycles. The lowest BCUT2D eigenvalue weighted by atomic mass is 10.2. The normalized spacial score (nSPS) is 10.7.